The molecule has 0 aliphatic carbocycles. The quantitative estimate of drug-likeness (QED) is 0.670. The smallest absolute Gasteiger partial charge is 0.274 e. The van der Waals surface area contributed by atoms with Crippen LogP contribution < -0.4 is 15.4 Å². The van der Waals surface area contributed by atoms with E-state index in [0.717, 1.165) is 11.4 Å². The van der Waals surface area contributed by atoms with E-state index in [1.807, 2.05) is 12.1 Å². The highest BCUT2D eigenvalue weighted by molar-refractivity contribution is 6.03. The van der Waals surface area contributed by atoms with Crippen LogP contribution in [0.15, 0.2) is 60.9 Å². The fourth-order valence-electron chi connectivity index (χ4n) is 2.62. The average Bonchev–Trinajstić information content (AvgIpc) is 2.68. The summed E-state index contributed by atoms with van der Waals surface area (Å²) in [6, 6.07) is 16.9. The van der Waals surface area contributed by atoms with Gasteiger partial charge in [-0.15, -0.1) is 0 Å². The molecule has 0 saturated carbocycles. The fraction of sp³-hybridized carbons (Fsp3) is 0.227. The molecule has 0 fully saturated rings. The van der Waals surface area contributed by atoms with Crippen LogP contribution >= 0.6 is 0 Å². The van der Waals surface area contributed by atoms with Crippen LogP contribution in [0.4, 0.5) is 17.2 Å². The van der Waals surface area contributed by atoms with Crippen LogP contribution in [0.3, 0.4) is 0 Å². The lowest BCUT2D eigenvalue weighted by molar-refractivity contribution is 0.102. The minimum absolute atomic E-state index is 0.0974. The molecule has 3 rings (SSSR count). The Kier molecular flexibility index (Phi) is 5.59. The maximum absolute atomic E-state index is 12.5. The van der Waals surface area contributed by atoms with Gasteiger partial charge in [-0.05, 0) is 47.4 Å². The van der Waals surface area contributed by atoms with Gasteiger partial charge >= 0.3 is 0 Å². The zero-order valence-corrected chi connectivity index (χ0v) is 16.5. The molecule has 0 saturated heterocycles. The second kappa shape index (κ2) is 8.08. The lowest BCUT2D eigenvalue weighted by Crippen LogP contribution is -2.14. The van der Waals surface area contributed by atoms with E-state index >= 15 is 0 Å². The maximum Gasteiger partial charge on any atom is 0.274 e. The van der Waals surface area contributed by atoms with E-state index in [-0.39, 0.29) is 17.0 Å². The van der Waals surface area contributed by atoms with Crippen molar-refractivity contribution < 1.29 is 9.53 Å². The molecule has 1 aromatic heterocycles. The molecule has 6 nitrogen and oxygen atoms in total. The van der Waals surface area contributed by atoms with E-state index in [9.17, 15) is 4.79 Å². The molecule has 3 aromatic rings. The molecule has 0 aliphatic rings. The van der Waals surface area contributed by atoms with Crippen molar-refractivity contribution in [2.45, 2.75) is 26.2 Å². The van der Waals surface area contributed by atoms with E-state index in [1.54, 1.807) is 37.4 Å². The van der Waals surface area contributed by atoms with Crippen molar-refractivity contribution in [3.63, 3.8) is 0 Å². The number of aromatic nitrogens is 2. The molecule has 2 N–H and O–H groups in total. The summed E-state index contributed by atoms with van der Waals surface area (Å²) in [6.07, 6.45) is 1.37. The molecule has 0 atom stereocenters. The number of rotatable bonds is 5. The molecule has 28 heavy (non-hydrogen) atoms. The summed E-state index contributed by atoms with van der Waals surface area (Å²) in [5.41, 5.74) is 3.19. The fourth-order valence-corrected chi connectivity index (χ4v) is 2.62. The van der Waals surface area contributed by atoms with Gasteiger partial charge in [0.05, 0.1) is 7.11 Å². The van der Waals surface area contributed by atoms with E-state index < -0.39 is 0 Å². The van der Waals surface area contributed by atoms with Crippen molar-refractivity contribution >= 4 is 23.1 Å². The molecule has 6 heteroatoms. The normalized spacial score (nSPS) is 11.0. The highest BCUT2D eigenvalue weighted by Crippen LogP contribution is 2.24. The van der Waals surface area contributed by atoms with Gasteiger partial charge in [-0.2, -0.15) is 0 Å². The van der Waals surface area contributed by atoms with E-state index in [4.69, 9.17) is 4.74 Å². The number of nitrogens with one attached hydrogen (secondary N) is 2. The lowest BCUT2D eigenvalue weighted by atomic mass is 9.87. The summed E-state index contributed by atoms with van der Waals surface area (Å²) >= 11 is 0. The predicted molar refractivity (Wildman–Crippen MR) is 111 cm³/mol. The summed E-state index contributed by atoms with van der Waals surface area (Å²) in [4.78, 5) is 20.7. The predicted octanol–water partition coefficient (Wildman–Crippen LogP) is 4.78. The van der Waals surface area contributed by atoms with Crippen LogP contribution in [0.5, 0.6) is 5.75 Å². The first-order valence-electron chi connectivity index (χ1n) is 9.00. The Balaban J connectivity index is 1.70. The number of benzene rings is 2. The first kappa shape index (κ1) is 19.4. The zero-order valence-electron chi connectivity index (χ0n) is 16.5. The lowest BCUT2D eigenvalue weighted by Gasteiger charge is -2.19. The van der Waals surface area contributed by atoms with Gasteiger partial charge in [0.25, 0.3) is 5.91 Å². The molecule has 0 radical (unpaired) electrons. The number of amides is 1. The summed E-state index contributed by atoms with van der Waals surface area (Å²) in [6.45, 7) is 6.52. The Morgan fingerprint density at radius 3 is 2.18 bits per heavy atom. The molecule has 0 bridgehead atoms. The Hall–Kier alpha value is -3.41. The number of methoxy groups -OCH3 is 1. The van der Waals surface area contributed by atoms with Crippen LogP contribution in [0.25, 0.3) is 0 Å². The van der Waals surface area contributed by atoms with Crippen molar-refractivity contribution in [2.24, 2.45) is 0 Å². The number of hydrogen-bond acceptors (Lipinski definition) is 5. The number of carbonyl (C=O) groups is 1. The molecule has 0 aliphatic heterocycles. The third-order valence-electron chi connectivity index (χ3n) is 4.27. The molecule has 1 heterocycles. The first-order chi connectivity index (χ1) is 13.3. The van der Waals surface area contributed by atoms with E-state index in [2.05, 4.69) is 53.5 Å². The maximum atomic E-state index is 12.5. The number of ether oxygens (including phenoxy) is 1. The highest BCUT2D eigenvalue weighted by atomic mass is 16.5. The minimum atomic E-state index is -0.307. The van der Waals surface area contributed by atoms with Gasteiger partial charge in [0, 0.05) is 17.4 Å². The van der Waals surface area contributed by atoms with Crippen molar-refractivity contribution in [1.82, 2.24) is 9.97 Å². The van der Waals surface area contributed by atoms with Gasteiger partial charge in [0.15, 0.2) is 0 Å². The standard InChI is InChI=1S/C22H24N4O2/c1-22(2,3)15-5-7-16(8-6-15)25-20-13-19(23-14-24-20)21(27)26-17-9-11-18(28-4)12-10-17/h5-14H,1-4H3,(H,26,27)(H,23,24,25). The van der Waals surface area contributed by atoms with Crippen LogP contribution in [0.1, 0.15) is 36.8 Å². The van der Waals surface area contributed by atoms with E-state index in [0.29, 0.717) is 11.5 Å². The Labute approximate surface area is 165 Å². The van der Waals surface area contributed by atoms with Crippen LogP contribution in [0.2, 0.25) is 0 Å². The van der Waals surface area contributed by atoms with Gasteiger partial charge in [0.2, 0.25) is 0 Å². The van der Waals surface area contributed by atoms with Crippen LogP contribution in [0, 0.1) is 0 Å². The van der Waals surface area contributed by atoms with Crippen molar-refractivity contribution in [1.29, 1.82) is 0 Å². The van der Waals surface area contributed by atoms with Gasteiger partial charge in [-0.25, -0.2) is 9.97 Å². The Morgan fingerprint density at radius 1 is 0.929 bits per heavy atom. The summed E-state index contributed by atoms with van der Waals surface area (Å²) < 4.78 is 5.12. The Bertz CT molecular complexity index is 946. The van der Waals surface area contributed by atoms with Crippen molar-refractivity contribution in [3.8, 4) is 5.75 Å². The number of anilines is 3. The summed E-state index contributed by atoms with van der Waals surface area (Å²) in [5, 5.41) is 6.02. The molecule has 1 amide bonds. The van der Waals surface area contributed by atoms with Crippen LogP contribution in [-0.4, -0.2) is 23.0 Å². The first-order valence-corrected chi connectivity index (χ1v) is 9.00. The molecular weight excluding hydrogens is 352 g/mol. The third kappa shape index (κ3) is 4.85. The largest absolute Gasteiger partial charge is 0.497 e. The second-order valence-corrected chi connectivity index (χ2v) is 7.42. The monoisotopic (exact) mass is 376 g/mol. The van der Waals surface area contributed by atoms with Gasteiger partial charge < -0.3 is 15.4 Å². The molecule has 2 aromatic carbocycles. The summed E-state index contributed by atoms with van der Waals surface area (Å²) in [7, 11) is 1.60. The third-order valence-corrected chi connectivity index (χ3v) is 4.27. The number of carbonyl (C=O) groups excluding carboxylic acids is 1. The minimum Gasteiger partial charge on any atom is -0.497 e. The van der Waals surface area contributed by atoms with Crippen molar-refractivity contribution in [3.05, 3.63) is 72.2 Å². The number of hydrogen-bond donors (Lipinski definition) is 2. The average molecular weight is 376 g/mol. The molecule has 0 unspecified atom stereocenters. The zero-order chi connectivity index (χ0) is 20.1. The van der Waals surface area contributed by atoms with Crippen molar-refractivity contribution in [2.75, 3.05) is 17.7 Å². The Morgan fingerprint density at radius 2 is 1.57 bits per heavy atom. The highest BCUT2D eigenvalue weighted by Gasteiger charge is 2.13. The van der Waals surface area contributed by atoms with E-state index in [1.165, 1.54) is 11.9 Å². The molecule has 0 spiro atoms. The topological polar surface area (TPSA) is 76.1 Å². The molecular formula is C22H24N4O2. The number of nitrogens with zero attached hydrogens (tertiary/aromatic N) is 2. The van der Waals surface area contributed by atoms with Gasteiger partial charge in [-0.3, -0.25) is 4.79 Å². The van der Waals surface area contributed by atoms with Gasteiger partial charge in [-0.1, -0.05) is 32.9 Å². The summed E-state index contributed by atoms with van der Waals surface area (Å²) in [5.74, 6) is 0.973. The second-order valence-electron chi connectivity index (χ2n) is 7.42. The van der Waals surface area contributed by atoms with Gasteiger partial charge in [0.1, 0.15) is 23.6 Å². The molecule has 144 valence electrons. The van der Waals surface area contributed by atoms with Crippen LogP contribution in [-0.2, 0) is 5.41 Å². The SMILES string of the molecule is COc1ccc(NC(=O)c2cc(Nc3ccc(C(C)(C)C)cc3)ncn2)cc1.